The van der Waals surface area contributed by atoms with E-state index in [1.54, 1.807) is 0 Å². The summed E-state index contributed by atoms with van der Waals surface area (Å²) in [5.74, 6) is 2.62. The Kier molecular flexibility index (Phi) is 5.00. The van der Waals surface area contributed by atoms with Gasteiger partial charge in [0, 0.05) is 32.2 Å². The van der Waals surface area contributed by atoms with Crippen molar-refractivity contribution in [3.8, 4) is 12.3 Å². The Balaban J connectivity index is 1.73. The fourth-order valence-electron chi connectivity index (χ4n) is 2.56. The molecular weight excluding hydrogens is 230 g/mol. The van der Waals surface area contributed by atoms with Gasteiger partial charge in [-0.3, -0.25) is 15.0 Å². The fraction of sp³-hybridized carbons (Fsp3) is 0.769. The number of hydrogen-bond acceptors (Lipinski definition) is 4. The van der Waals surface area contributed by atoms with Crippen LogP contribution in [0.5, 0.6) is 0 Å². The van der Waals surface area contributed by atoms with Gasteiger partial charge in [-0.05, 0) is 6.42 Å². The van der Waals surface area contributed by atoms with E-state index in [9.17, 15) is 4.79 Å². The fourth-order valence-corrected chi connectivity index (χ4v) is 2.56. The van der Waals surface area contributed by atoms with Gasteiger partial charge in [0.2, 0.25) is 5.91 Å². The number of ether oxygens (including phenoxy) is 1. The summed E-state index contributed by atoms with van der Waals surface area (Å²) in [5, 5.41) is 2.95. The van der Waals surface area contributed by atoms with Gasteiger partial charge < -0.3 is 9.64 Å². The van der Waals surface area contributed by atoms with Crippen molar-refractivity contribution in [1.29, 1.82) is 0 Å². The van der Waals surface area contributed by atoms with Crippen molar-refractivity contribution in [2.24, 2.45) is 0 Å². The SMILES string of the molecule is C#CCNCC(=O)N1CCC(N2CCOCC2)C1. The summed E-state index contributed by atoms with van der Waals surface area (Å²) in [6, 6.07) is 0.505. The minimum Gasteiger partial charge on any atom is -0.379 e. The number of morpholine rings is 1. The molecule has 1 atom stereocenters. The topological polar surface area (TPSA) is 44.8 Å². The van der Waals surface area contributed by atoms with Crippen molar-refractivity contribution in [2.45, 2.75) is 12.5 Å². The van der Waals surface area contributed by atoms with Crippen LogP contribution in [0.3, 0.4) is 0 Å². The normalized spacial score (nSPS) is 25.1. The van der Waals surface area contributed by atoms with E-state index in [0.717, 1.165) is 45.8 Å². The zero-order chi connectivity index (χ0) is 12.8. The van der Waals surface area contributed by atoms with Gasteiger partial charge in [0.25, 0.3) is 0 Å². The second-order valence-electron chi connectivity index (χ2n) is 4.74. The summed E-state index contributed by atoms with van der Waals surface area (Å²) in [4.78, 5) is 16.3. The summed E-state index contributed by atoms with van der Waals surface area (Å²) in [7, 11) is 0. The summed E-state index contributed by atoms with van der Waals surface area (Å²) in [6.45, 7) is 6.11. The van der Waals surface area contributed by atoms with Gasteiger partial charge in [0.05, 0.1) is 26.3 Å². The lowest BCUT2D eigenvalue weighted by molar-refractivity contribution is -0.129. The van der Waals surface area contributed by atoms with Crippen molar-refractivity contribution < 1.29 is 9.53 Å². The van der Waals surface area contributed by atoms with Gasteiger partial charge in [-0.1, -0.05) is 5.92 Å². The lowest BCUT2D eigenvalue weighted by atomic mass is 10.2. The molecule has 2 rings (SSSR count). The van der Waals surface area contributed by atoms with Crippen molar-refractivity contribution in [2.75, 3.05) is 52.5 Å². The molecule has 18 heavy (non-hydrogen) atoms. The third-order valence-corrected chi connectivity index (χ3v) is 3.58. The second-order valence-corrected chi connectivity index (χ2v) is 4.74. The maximum Gasteiger partial charge on any atom is 0.236 e. The average molecular weight is 251 g/mol. The second kappa shape index (κ2) is 6.74. The molecule has 0 aromatic rings. The first-order valence-corrected chi connectivity index (χ1v) is 6.55. The molecule has 0 radical (unpaired) electrons. The number of nitrogens with zero attached hydrogens (tertiary/aromatic N) is 2. The van der Waals surface area contributed by atoms with Crippen LogP contribution in [-0.2, 0) is 9.53 Å². The van der Waals surface area contributed by atoms with E-state index in [0.29, 0.717) is 19.1 Å². The number of terminal acetylenes is 1. The standard InChI is InChI=1S/C13H21N3O2/c1-2-4-14-10-13(17)16-5-3-12(11-16)15-6-8-18-9-7-15/h1,12,14H,3-11H2. The van der Waals surface area contributed by atoms with Gasteiger partial charge in [-0.15, -0.1) is 6.42 Å². The van der Waals surface area contributed by atoms with Crippen molar-refractivity contribution in [3.05, 3.63) is 0 Å². The maximum atomic E-state index is 11.9. The lowest BCUT2D eigenvalue weighted by Gasteiger charge is -2.32. The molecule has 5 heteroatoms. The molecule has 2 aliphatic heterocycles. The van der Waals surface area contributed by atoms with Gasteiger partial charge in [0.1, 0.15) is 0 Å². The molecule has 0 spiro atoms. The number of amides is 1. The van der Waals surface area contributed by atoms with Gasteiger partial charge in [0.15, 0.2) is 0 Å². The van der Waals surface area contributed by atoms with E-state index in [-0.39, 0.29) is 5.91 Å². The van der Waals surface area contributed by atoms with Crippen LogP contribution in [-0.4, -0.2) is 74.2 Å². The van der Waals surface area contributed by atoms with Crippen LogP contribution in [0, 0.1) is 12.3 Å². The number of likely N-dealkylation sites (tertiary alicyclic amines) is 1. The van der Waals surface area contributed by atoms with Gasteiger partial charge in [-0.25, -0.2) is 0 Å². The van der Waals surface area contributed by atoms with E-state index in [4.69, 9.17) is 11.2 Å². The molecule has 0 aliphatic carbocycles. The monoisotopic (exact) mass is 251 g/mol. The molecular formula is C13H21N3O2. The highest BCUT2D eigenvalue weighted by atomic mass is 16.5. The Morgan fingerprint density at radius 3 is 2.89 bits per heavy atom. The molecule has 1 amide bonds. The molecule has 100 valence electrons. The minimum atomic E-state index is 0.154. The third-order valence-electron chi connectivity index (χ3n) is 3.58. The first kappa shape index (κ1) is 13.3. The zero-order valence-corrected chi connectivity index (χ0v) is 10.7. The molecule has 0 bridgehead atoms. The molecule has 1 unspecified atom stereocenters. The minimum absolute atomic E-state index is 0.154. The number of carbonyl (C=O) groups is 1. The van der Waals surface area contributed by atoms with E-state index < -0.39 is 0 Å². The number of nitrogens with one attached hydrogen (secondary N) is 1. The van der Waals surface area contributed by atoms with Crippen molar-refractivity contribution in [3.63, 3.8) is 0 Å². The highest BCUT2D eigenvalue weighted by Gasteiger charge is 2.30. The predicted octanol–water partition coefficient (Wildman–Crippen LogP) is -0.858. The van der Waals surface area contributed by atoms with E-state index >= 15 is 0 Å². The van der Waals surface area contributed by atoms with Gasteiger partial charge in [-0.2, -0.15) is 0 Å². The Bertz CT molecular complexity index is 321. The molecule has 2 aliphatic rings. The van der Waals surface area contributed by atoms with Crippen molar-refractivity contribution in [1.82, 2.24) is 15.1 Å². The summed E-state index contributed by atoms with van der Waals surface area (Å²) in [6.07, 6.45) is 6.20. The van der Waals surface area contributed by atoms with Crippen LogP contribution in [0.4, 0.5) is 0 Å². The predicted molar refractivity (Wildman–Crippen MR) is 69.1 cm³/mol. The van der Waals surface area contributed by atoms with Crippen LogP contribution in [0.15, 0.2) is 0 Å². The molecule has 2 saturated heterocycles. The van der Waals surface area contributed by atoms with Crippen LogP contribution in [0.2, 0.25) is 0 Å². The third kappa shape index (κ3) is 3.45. The van der Waals surface area contributed by atoms with Crippen LogP contribution < -0.4 is 5.32 Å². The molecule has 1 N–H and O–H groups in total. The number of rotatable bonds is 4. The molecule has 0 saturated carbocycles. The smallest absolute Gasteiger partial charge is 0.236 e. The molecule has 0 aromatic carbocycles. The Morgan fingerprint density at radius 2 is 2.17 bits per heavy atom. The first-order valence-electron chi connectivity index (χ1n) is 6.55. The van der Waals surface area contributed by atoms with Crippen molar-refractivity contribution >= 4 is 5.91 Å². The summed E-state index contributed by atoms with van der Waals surface area (Å²) < 4.78 is 5.35. The molecule has 0 aromatic heterocycles. The van der Waals surface area contributed by atoms with E-state index in [1.807, 2.05) is 4.90 Å². The maximum absolute atomic E-state index is 11.9. The van der Waals surface area contributed by atoms with Crippen LogP contribution >= 0.6 is 0 Å². The quantitative estimate of drug-likeness (QED) is 0.522. The zero-order valence-electron chi connectivity index (χ0n) is 10.7. The summed E-state index contributed by atoms with van der Waals surface area (Å²) in [5.41, 5.74) is 0. The molecule has 5 nitrogen and oxygen atoms in total. The Morgan fingerprint density at radius 1 is 1.39 bits per heavy atom. The van der Waals surface area contributed by atoms with E-state index in [2.05, 4.69) is 16.1 Å². The Hall–Kier alpha value is -1.09. The van der Waals surface area contributed by atoms with Gasteiger partial charge >= 0.3 is 0 Å². The number of carbonyl (C=O) groups excluding carboxylic acids is 1. The number of hydrogen-bond donors (Lipinski definition) is 1. The highest BCUT2D eigenvalue weighted by molar-refractivity contribution is 5.78. The largest absolute Gasteiger partial charge is 0.379 e. The highest BCUT2D eigenvalue weighted by Crippen LogP contribution is 2.16. The van der Waals surface area contributed by atoms with Crippen LogP contribution in [0.1, 0.15) is 6.42 Å². The Labute approximate surface area is 108 Å². The first-order chi connectivity index (χ1) is 8.81. The lowest BCUT2D eigenvalue weighted by Crippen LogP contribution is -2.45. The van der Waals surface area contributed by atoms with E-state index in [1.165, 1.54) is 0 Å². The average Bonchev–Trinajstić information content (AvgIpc) is 2.89. The molecule has 2 fully saturated rings. The molecule has 2 heterocycles. The summed E-state index contributed by atoms with van der Waals surface area (Å²) >= 11 is 0. The van der Waals surface area contributed by atoms with Crippen LogP contribution in [0.25, 0.3) is 0 Å².